The van der Waals surface area contributed by atoms with E-state index < -0.39 is 0 Å². The number of rotatable bonds is 4. The predicted octanol–water partition coefficient (Wildman–Crippen LogP) is 2.81. The van der Waals surface area contributed by atoms with Crippen LogP contribution in [0, 0.1) is 17.8 Å². The van der Waals surface area contributed by atoms with Crippen molar-refractivity contribution in [3.63, 3.8) is 0 Å². The van der Waals surface area contributed by atoms with E-state index in [4.69, 9.17) is 10.5 Å². The molecule has 15 heavy (non-hydrogen) atoms. The Morgan fingerprint density at radius 3 is 2.60 bits per heavy atom. The summed E-state index contributed by atoms with van der Waals surface area (Å²) in [6, 6.07) is 0. The van der Waals surface area contributed by atoms with Crippen LogP contribution in [-0.4, -0.2) is 19.3 Å². The largest absolute Gasteiger partial charge is 0.385 e. The van der Waals surface area contributed by atoms with E-state index in [9.17, 15) is 0 Å². The predicted molar refractivity (Wildman–Crippen MR) is 64.8 cm³/mol. The Kier molecular flexibility index (Phi) is 4.60. The van der Waals surface area contributed by atoms with Crippen LogP contribution in [0.1, 0.15) is 46.5 Å². The van der Waals surface area contributed by atoms with Gasteiger partial charge in [-0.2, -0.15) is 0 Å². The molecule has 1 rings (SSSR count). The summed E-state index contributed by atoms with van der Waals surface area (Å²) in [6.45, 7) is 7.72. The quantitative estimate of drug-likeness (QED) is 0.779. The fourth-order valence-corrected chi connectivity index (χ4v) is 3.23. The summed E-state index contributed by atoms with van der Waals surface area (Å²) in [7, 11) is 1.76. The SMILES string of the molecule is COCCC1(N)CC(C)CCC1C(C)C. The minimum absolute atomic E-state index is 0.0157. The van der Waals surface area contributed by atoms with Gasteiger partial charge in [0.05, 0.1) is 0 Å². The lowest BCUT2D eigenvalue weighted by Gasteiger charge is -2.46. The Bertz CT molecular complexity index is 193. The second kappa shape index (κ2) is 5.31. The van der Waals surface area contributed by atoms with E-state index in [0.29, 0.717) is 11.8 Å². The third-order valence-corrected chi connectivity index (χ3v) is 4.01. The van der Waals surface area contributed by atoms with E-state index in [1.807, 2.05) is 0 Å². The van der Waals surface area contributed by atoms with Gasteiger partial charge in [-0.1, -0.05) is 27.2 Å². The lowest BCUT2D eigenvalue weighted by Crippen LogP contribution is -2.53. The van der Waals surface area contributed by atoms with Gasteiger partial charge in [-0.3, -0.25) is 0 Å². The fourth-order valence-electron chi connectivity index (χ4n) is 3.23. The summed E-state index contributed by atoms with van der Waals surface area (Å²) in [5, 5.41) is 0. The summed E-state index contributed by atoms with van der Waals surface area (Å²) < 4.78 is 5.19. The molecule has 0 aliphatic heterocycles. The Morgan fingerprint density at radius 2 is 2.07 bits per heavy atom. The average Bonchev–Trinajstić information content (AvgIpc) is 2.14. The molecule has 0 aromatic rings. The summed E-state index contributed by atoms with van der Waals surface area (Å²) in [4.78, 5) is 0. The molecule has 2 heteroatoms. The molecule has 0 radical (unpaired) electrons. The molecule has 0 spiro atoms. The van der Waals surface area contributed by atoms with Crippen molar-refractivity contribution >= 4 is 0 Å². The minimum Gasteiger partial charge on any atom is -0.385 e. The maximum Gasteiger partial charge on any atom is 0.0479 e. The molecule has 0 saturated heterocycles. The zero-order chi connectivity index (χ0) is 11.5. The van der Waals surface area contributed by atoms with Crippen LogP contribution in [0.3, 0.4) is 0 Å². The van der Waals surface area contributed by atoms with Crippen molar-refractivity contribution in [2.24, 2.45) is 23.5 Å². The van der Waals surface area contributed by atoms with Gasteiger partial charge in [-0.05, 0) is 37.0 Å². The Morgan fingerprint density at radius 1 is 1.40 bits per heavy atom. The molecule has 0 heterocycles. The van der Waals surface area contributed by atoms with Gasteiger partial charge in [0.1, 0.15) is 0 Å². The van der Waals surface area contributed by atoms with Crippen LogP contribution in [0.25, 0.3) is 0 Å². The lowest BCUT2D eigenvalue weighted by molar-refractivity contribution is 0.0709. The van der Waals surface area contributed by atoms with Gasteiger partial charge < -0.3 is 10.5 Å². The van der Waals surface area contributed by atoms with Gasteiger partial charge in [0, 0.05) is 19.3 Å². The van der Waals surface area contributed by atoms with Crippen molar-refractivity contribution in [1.82, 2.24) is 0 Å². The number of methoxy groups -OCH3 is 1. The first-order chi connectivity index (χ1) is 6.99. The van der Waals surface area contributed by atoms with Gasteiger partial charge >= 0.3 is 0 Å². The molecule has 1 fully saturated rings. The van der Waals surface area contributed by atoms with Crippen molar-refractivity contribution in [3.8, 4) is 0 Å². The van der Waals surface area contributed by atoms with Crippen LogP contribution in [-0.2, 0) is 4.74 Å². The summed E-state index contributed by atoms with van der Waals surface area (Å²) in [5.74, 6) is 2.14. The van der Waals surface area contributed by atoms with Gasteiger partial charge in [-0.25, -0.2) is 0 Å². The van der Waals surface area contributed by atoms with E-state index in [2.05, 4.69) is 20.8 Å². The van der Waals surface area contributed by atoms with E-state index >= 15 is 0 Å². The van der Waals surface area contributed by atoms with Crippen LogP contribution in [0.4, 0.5) is 0 Å². The van der Waals surface area contributed by atoms with Crippen molar-refractivity contribution in [3.05, 3.63) is 0 Å². The molecular formula is C13H27NO. The van der Waals surface area contributed by atoms with Gasteiger partial charge in [0.25, 0.3) is 0 Å². The van der Waals surface area contributed by atoms with E-state index in [0.717, 1.165) is 18.9 Å². The Labute approximate surface area is 94.6 Å². The Hall–Kier alpha value is -0.0800. The van der Waals surface area contributed by atoms with Crippen molar-refractivity contribution in [2.45, 2.75) is 52.0 Å². The lowest BCUT2D eigenvalue weighted by atomic mass is 9.64. The van der Waals surface area contributed by atoms with Crippen LogP contribution in [0.5, 0.6) is 0 Å². The van der Waals surface area contributed by atoms with Crippen molar-refractivity contribution in [2.75, 3.05) is 13.7 Å². The number of ether oxygens (including phenoxy) is 1. The molecule has 1 saturated carbocycles. The molecule has 1 aliphatic carbocycles. The Balaban J connectivity index is 2.67. The molecule has 90 valence electrons. The highest BCUT2D eigenvalue weighted by Gasteiger charge is 2.40. The standard InChI is InChI=1S/C13H27NO/c1-10(2)12-6-5-11(3)9-13(12,14)7-8-15-4/h10-12H,5-9,14H2,1-4H3. The topological polar surface area (TPSA) is 35.2 Å². The zero-order valence-electron chi connectivity index (χ0n) is 10.8. The van der Waals surface area contributed by atoms with E-state index in [1.54, 1.807) is 7.11 Å². The molecule has 1 aliphatic rings. The highest BCUT2D eigenvalue weighted by Crippen LogP contribution is 2.41. The fraction of sp³-hybridized carbons (Fsp3) is 1.00. The normalized spacial score (nSPS) is 37.2. The smallest absolute Gasteiger partial charge is 0.0479 e. The highest BCUT2D eigenvalue weighted by atomic mass is 16.5. The first kappa shape index (κ1) is 13.0. The van der Waals surface area contributed by atoms with Crippen molar-refractivity contribution in [1.29, 1.82) is 0 Å². The van der Waals surface area contributed by atoms with Crippen LogP contribution in [0.15, 0.2) is 0 Å². The number of nitrogens with two attached hydrogens (primary N) is 1. The molecule has 3 atom stereocenters. The van der Waals surface area contributed by atoms with Crippen LogP contribution >= 0.6 is 0 Å². The van der Waals surface area contributed by atoms with Gasteiger partial charge in [0.15, 0.2) is 0 Å². The molecule has 0 aromatic heterocycles. The zero-order valence-corrected chi connectivity index (χ0v) is 10.8. The maximum absolute atomic E-state index is 6.60. The minimum atomic E-state index is 0.0157. The molecular weight excluding hydrogens is 186 g/mol. The average molecular weight is 213 g/mol. The highest BCUT2D eigenvalue weighted by molar-refractivity contribution is 4.97. The van der Waals surface area contributed by atoms with Crippen LogP contribution < -0.4 is 5.73 Å². The van der Waals surface area contributed by atoms with Gasteiger partial charge in [0.2, 0.25) is 0 Å². The second-order valence-electron chi connectivity index (χ2n) is 5.71. The van der Waals surface area contributed by atoms with E-state index in [1.165, 1.54) is 19.3 Å². The summed E-state index contributed by atoms with van der Waals surface area (Å²) in [5.41, 5.74) is 6.62. The molecule has 0 amide bonds. The van der Waals surface area contributed by atoms with Crippen LogP contribution in [0.2, 0.25) is 0 Å². The number of hydrogen-bond acceptors (Lipinski definition) is 2. The van der Waals surface area contributed by atoms with Gasteiger partial charge in [-0.15, -0.1) is 0 Å². The monoisotopic (exact) mass is 213 g/mol. The first-order valence-corrected chi connectivity index (χ1v) is 6.27. The third kappa shape index (κ3) is 3.18. The molecule has 2 nitrogen and oxygen atoms in total. The molecule has 3 unspecified atom stereocenters. The third-order valence-electron chi connectivity index (χ3n) is 4.01. The molecule has 2 N–H and O–H groups in total. The van der Waals surface area contributed by atoms with E-state index in [-0.39, 0.29) is 5.54 Å². The molecule has 0 bridgehead atoms. The maximum atomic E-state index is 6.60. The summed E-state index contributed by atoms with van der Waals surface area (Å²) in [6.07, 6.45) is 4.81. The van der Waals surface area contributed by atoms with Crippen molar-refractivity contribution < 1.29 is 4.74 Å². The molecule has 0 aromatic carbocycles. The summed E-state index contributed by atoms with van der Waals surface area (Å²) >= 11 is 0. The second-order valence-corrected chi connectivity index (χ2v) is 5.71. The first-order valence-electron chi connectivity index (χ1n) is 6.27. The number of hydrogen-bond donors (Lipinski definition) is 1.